The van der Waals surface area contributed by atoms with Crippen molar-refractivity contribution in [1.82, 2.24) is 9.97 Å². The zero-order chi connectivity index (χ0) is 24.5. The van der Waals surface area contributed by atoms with Crippen LogP contribution in [0.1, 0.15) is 30.3 Å². The van der Waals surface area contributed by atoms with E-state index in [0.717, 1.165) is 18.6 Å². The molecule has 2 atom stereocenters. The number of hydrogen-bond donors (Lipinski definition) is 1. The Morgan fingerprint density at radius 3 is 2.62 bits per heavy atom. The van der Waals surface area contributed by atoms with Gasteiger partial charge in [0.2, 0.25) is 0 Å². The highest BCUT2D eigenvalue weighted by Crippen LogP contribution is 2.36. The molecule has 1 aliphatic rings. The number of benzene rings is 2. The van der Waals surface area contributed by atoms with Crippen molar-refractivity contribution in [1.29, 1.82) is 0 Å². The second-order valence-electron chi connectivity index (χ2n) is 8.29. The number of halogens is 4. The lowest BCUT2D eigenvalue weighted by atomic mass is 10.0. The lowest BCUT2D eigenvalue weighted by Crippen LogP contribution is -2.24. The zero-order valence-corrected chi connectivity index (χ0v) is 19.0. The molecule has 1 N–H and O–H groups in total. The van der Waals surface area contributed by atoms with Gasteiger partial charge in [-0.15, -0.1) is 0 Å². The standard InChI is InChI=1S/C24H25F4N3O3/c1-13(16-4-5-33-12-16)34-22-9-19-20(10-21(22)32-3)30-14(2)31-23(19)29-11-15-6-17(24(26,27)28)8-18(25)7-15/h6-10,13,16H,4-5,11-12H2,1-3H3,(H,29,30,31)/t13?,16-/m1/s1. The van der Waals surface area contributed by atoms with Crippen molar-refractivity contribution in [3.8, 4) is 11.5 Å². The summed E-state index contributed by atoms with van der Waals surface area (Å²) in [6, 6.07) is 5.91. The predicted octanol–water partition coefficient (Wildman–Crippen LogP) is 5.52. The number of aryl methyl sites for hydroxylation is 1. The molecule has 0 aliphatic carbocycles. The van der Waals surface area contributed by atoms with E-state index in [1.165, 1.54) is 7.11 Å². The van der Waals surface area contributed by atoms with Gasteiger partial charge in [0.1, 0.15) is 23.6 Å². The van der Waals surface area contributed by atoms with E-state index in [0.29, 0.717) is 53.3 Å². The van der Waals surface area contributed by atoms with Crippen LogP contribution in [-0.4, -0.2) is 36.4 Å². The zero-order valence-electron chi connectivity index (χ0n) is 19.0. The van der Waals surface area contributed by atoms with Crippen molar-refractivity contribution in [2.24, 2.45) is 5.92 Å². The summed E-state index contributed by atoms with van der Waals surface area (Å²) in [6.07, 6.45) is -3.86. The van der Waals surface area contributed by atoms with Gasteiger partial charge in [-0.25, -0.2) is 14.4 Å². The molecule has 34 heavy (non-hydrogen) atoms. The molecule has 1 unspecified atom stereocenters. The quantitative estimate of drug-likeness (QED) is 0.450. The van der Waals surface area contributed by atoms with Gasteiger partial charge in [-0.2, -0.15) is 13.2 Å². The summed E-state index contributed by atoms with van der Waals surface area (Å²) in [7, 11) is 1.53. The van der Waals surface area contributed by atoms with E-state index in [1.807, 2.05) is 6.92 Å². The Morgan fingerprint density at radius 2 is 1.94 bits per heavy atom. The molecule has 1 saturated heterocycles. The molecule has 6 nitrogen and oxygen atoms in total. The van der Waals surface area contributed by atoms with Crippen LogP contribution in [0.25, 0.3) is 10.9 Å². The number of nitrogens with zero attached hydrogens (tertiary/aromatic N) is 2. The average Bonchev–Trinajstić information content (AvgIpc) is 3.31. The molecule has 1 aliphatic heterocycles. The maximum Gasteiger partial charge on any atom is 0.416 e. The second-order valence-corrected chi connectivity index (χ2v) is 8.29. The predicted molar refractivity (Wildman–Crippen MR) is 119 cm³/mol. The normalized spacial score (nSPS) is 17.1. The Hall–Kier alpha value is -3.14. The van der Waals surface area contributed by atoms with Gasteiger partial charge >= 0.3 is 6.18 Å². The first kappa shape index (κ1) is 24.0. The summed E-state index contributed by atoms with van der Waals surface area (Å²) >= 11 is 0. The smallest absolute Gasteiger partial charge is 0.416 e. The third-order valence-corrected chi connectivity index (χ3v) is 5.78. The first-order valence-corrected chi connectivity index (χ1v) is 10.9. The molecule has 10 heteroatoms. The van der Waals surface area contributed by atoms with Crippen LogP contribution in [0.2, 0.25) is 0 Å². The van der Waals surface area contributed by atoms with E-state index in [1.54, 1.807) is 19.1 Å². The number of fused-ring (bicyclic) bond motifs is 1. The Bertz CT molecular complexity index is 1180. The number of anilines is 1. The molecule has 2 heterocycles. The first-order valence-electron chi connectivity index (χ1n) is 10.9. The Labute approximate surface area is 194 Å². The Kier molecular flexibility index (Phi) is 6.79. The summed E-state index contributed by atoms with van der Waals surface area (Å²) < 4.78 is 70.1. The number of rotatable bonds is 7. The summed E-state index contributed by atoms with van der Waals surface area (Å²) in [6.45, 7) is 4.93. The highest BCUT2D eigenvalue weighted by Gasteiger charge is 2.31. The molecule has 0 bridgehead atoms. The highest BCUT2D eigenvalue weighted by atomic mass is 19.4. The summed E-state index contributed by atoms with van der Waals surface area (Å²) in [5.74, 6) is 1.14. The first-order chi connectivity index (χ1) is 16.1. The minimum absolute atomic E-state index is 0.0651. The molecule has 4 rings (SSSR count). The highest BCUT2D eigenvalue weighted by molar-refractivity contribution is 5.91. The molecule has 1 fully saturated rings. The van der Waals surface area contributed by atoms with E-state index in [2.05, 4.69) is 15.3 Å². The summed E-state index contributed by atoms with van der Waals surface area (Å²) in [5.41, 5.74) is -0.332. The third kappa shape index (κ3) is 5.32. The number of nitrogens with one attached hydrogen (secondary N) is 1. The molecular weight excluding hydrogens is 454 g/mol. The van der Waals surface area contributed by atoms with Crippen molar-refractivity contribution < 1.29 is 31.8 Å². The van der Waals surface area contributed by atoms with Crippen molar-refractivity contribution in [3.05, 3.63) is 53.1 Å². The average molecular weight is 479 g/mol. The van der Waals surface area contributed by atoms with E-state index >= 15 is 0 Å². The lowest BCUT2D eigenvalue weighted by Gasteiger charge is -2.22. The van der Waals surface area contributed by atoms with Crippen LogP contribution < -0.4 is 14.8 Å². The van der Waals surface area contributed by atoms with Crippen LogP contribution in [0.4, 0.5) is 23.4 Å². The summed E-state index contributed by atoms with van der Waals surface area (Å²) in [5, 5.41) is 3.62. The SMILES string of the molecule is COc1cc2nc(C)nc(NCc3cc(F)cc(C(F)(F)F)c3)c2cc1OC(C)[C@@H]1CCOC1. The number of aromatic nitrogens is 2. The fourth-order valence-corrected chi connectivity index (χ4v) is 3.96. The molecule has 182 valence electrons. The maximum absolute atomic E-state index is 13.8. The number of ether oxygens (including phenoxy) is 3. The molecule has 0 amide bonds. The van der Waals surface area contributed by atoms with Crippen molar-refractivity contribution in [2.75, 3.05) is 25.6 Å². The van der Waals surface area contributed by atoms with Gasteiger partial charge in [0.05, 0.1) is 24.8 Å². The monoisotopic (exact) mass is 479 g/mol. The van der Waals surface area contributed by atoms with Crippen LogP contribution in [0.15, 0.2) is 30.3 Å². The number of methoxy groups -OCH3 is 1. The number of alkyl halides is 3. The van der Waals surface area contributed by atoms with Crippen LogP contribution in [-0.2, 0) is 17.5 Å². The topological polar surface area (TPSA) is 65.5 Å². The van der Waals surface area contributed by atoms with Gasteiger partial charge in [-0.3, -0.25) is 0 Å². The van der Waals surface area contributed by atoms with Gasteiger partial charge < -0.3 is 19.5 Å². The molecule has 3 aromatic rings. The van der Waals surface area contributed by atoms with E-state index in [4.69, 9.17) is 14.2 Å². The van der Waals surface area contributed by atoms with Crippen LogP contribution >= 0.6 is 0 Å². The third-order valence-electron chi connectivity index (χ3n) is 5.78. The molecule has 1 aromatic heterocycles. The molecule has 0 spiro atoms. The Balaban J connectivity index is 1.65. The van der Waals surface area contributed by atoms with Crippen LogP contribution in [0.5, 0.6) is 11.5 Å². The van der Waals surface area contributed by atoms with Gasteiger partial charge in [0.25, 0.3) is 0 Å². The largest absolute Gasteiger partial charge is 0.493 e. The van der Waals surface area contributed by atoms with Gasteiger partial charge in [-0.05, 0) is 50.1 Å². The van der Waals surface area contributed by atoms with Crippen LogP contribution in [0, 0.1) is 18.7 Å². The fourth-order valence-electron chi connectivity index (χ4n) is 3.96. The Morgan fingerprint density at radius 1 is 1.15 bits per heavy atom. The number of hydrogen-bond acceptors (Lipinski definition) is 6. The van der Waals surface area contributed by atoms with Gasteiger partial charge in [0, 0.05) is 30.5 Å². The minimum Gasteiger partial charge on any atom is -0.493 e. The lowest BCUT2D eigenvalue weighted by molar-refractivity contribution is -0.137. The van der Waals surface area contributed by atoms with Crippen molar-refractivity contribution in [3.63, 3.8) is 0 Å². The van der Waals surface area contributed by atoms with E-state index in [9.17, 15) is 17.6 Å². The maximum atomic E-state index is 13.8. The molecular formula is C24H25F4N3O3. The molecule has 2 aromatic carbocycles. The second kappa shape index (κ2) is 9.61. The molecule has 0 saturated carbocycles. The minimum atomic E-state index is -4.64. The fraction of sp³-hybridized carbons (Fsp3) is 0.417. The van der Waals surface area contributed by atoms with Crippen molar-refractivity contribution >= 4 is 16.7 Å². The van der Waals surface area contributed by atoms with Gasteiger partial charge in [0.15, 0.2) is 11.5 Å². The molecule has 0 radical (unpaired) electrons. The van der Waals surface area contributed by atoms with Gasteiger partial charge in [-0.1, -0.05) is 0 Å². The van der Waals surface area contributed by atoms with E-state index < -0.39 is 17.6 Å². The summed E-state index contributed by atoms with van der Waals surface area (Å²) in [4.78, 5) is 8.85. The van der Waals surface area contributed by atoms with E-state index in [-0.39, 0.29) is 24.1 Å². The van der Waals surface area contributed by atoms with Crippen LogP contribution in [0.3, 0.4) is 0 Å². The van der Waals surface area contributed by atoms with Crippen molar-refractivity contribution in [2.45, 2.75) is 39.1 Å².